The van der Waals surface area contributed by atoms with Crippen LogP contribution in [0, 0.1) is 0 Å². The predicted octanol–water partition coefficient (Wildman–Crippen LogP) is 2.91. The number of carbonyl (C=O) groups excluding carboxylic acids is 1. The van der Waals surface area contributed by atoms with Crippen molar-refractivity contribution in [2.75, 3.05) is 10.6 Å². The summed E-state index contributed by atoms with van der Waals surface area (Å²) >= 11 is 0. The first-order valence-electron chi connectivity index (χ1n) is 6.01. The van der Waals surface area contributed by atoms with Crippen molar-refractivity contribution >= 4 is 28.3 Å². The lowest BCUT2D eigenvalue weighted by Gasteiger charge is -2.08. The lowest BCUT2D eigenvalue weighted by atomic mass is 10.2. The van der Waals surface area contributed by atoms with Gasteiger partial charge in [0.05, 0.1) is 17.4 Å². The molecule has 0 unspecified atom stereocenters. The number of anilines is 2. The number of rotatable bonds is 2. The summed E-state index contributed by atoms with van der Waals surface area (Å²) in [5, 5.41) is 22.6. The minimum atomic E-state index is -0.426. The number of aromatic nitrogens is 2. The second-order valence-corrected chi connectivity index (χ2v) is 4.27. The van der Waals surface area contributed by atoms with E-state index >= 15 is 0 Å². The quantitative estimate of drug-likeness (QED) is 0.539. The minimum Gasteiger partial charge on any atom is -0.506 e. The van der Waals surface area contributed by atoms with Gasteiger partial charge in [0, 0.05) is 11.1 Å². The third-order valence-electron chi connectivity index (χ3n) is 2.85. The smallest absolute Gasteiger partial charge is 0.323 e. The molecule has 0 spiro atoms. The first kappa shape index (κ1) is 12.0. The first-order valence-corrected chi connectivity index (χ1v) is 6.01. The van der Waals surface area contributed by atoms with E-state index in [0.717, 1.165) is 10.9 Å². The monoisotopic (exact) mass is 268 g/mol. The summed E-state index contributed by atoms with van der Waals surface area (Å²) in [4.78, 5) is 11.8. The second kappa shape index (κ2) is 4.93. The number of aromatic amines is 1. The van der Waals surface area contributed by atoms with Crippen LogP contribution in [0.25, 0.3) is 10.9 Å². The fraction of sp³-hybridized carbons (Fsp3) is 0. The van der Waals surface area contributed by atoms with Crippen molar-refractivity contribution in [2.24, 2.45) is 0 Å². The summed E-state index contributed by atoms with van der Waals surface area (Å²) in [6, 6.07) is 11.5. The molecule has 1 aromatic heterocycles. The number of phenolic OH excluding ortho intramolecular Hbond substituents is 1. The number of aromatic hydroxyl groups is 1. The number of amides is 2. The summed E-state index contributed by atoms with van der Waals surface area (Å²) in [6.45, 7) is 0. The highest BCUT2D eigenvalue weighted by Gasteiger charge is 2.06. The molecule has 2 amide bonds. The topological polar surface area (TPSA) is 90.0 Å². The van der Waals surface area contributed by atoms with Gasteiger partial charge in [-0.15, -0.1) is 0 Å². The predicted molar refractivity (Wildman–Crippen MR) is 76.8 cm³/mol. The molecule has 0 saturated carbocycles. The molecule has 6 nitrogen and oxygen atoms in total. The van der Waals surface area contributed by atoms with Gasteiger partial charge >= 0.3 is 6.03 Å². The van der Waals surface area contributed by atoms with E-state index < -0.39 is 6.03 Å². The molecule has 2 aromatic carbocycles. The number of carbonyl (C=O) groups is 1. The number of hydrogen-bond donors (Lipinski definition) is 4. The van der Waals surface area contributed by atoms with Crippen molar-refractivity contribution in [3.63, 3.8) is 0 Å². The van der Waals surface area contributed by atoms with Gasteiger partial charge in [-0.05, 0) is 30.3 Å². The molecule has 3 aromatic rings. The highest BCUT2D eigenvalue weighted by Crippen LogP contribution is 2.22. The van der Waals surface area contributed by atoms with E-state index in [1.54, 1.807) is 36.5 Å². The Morgan fingerprint density at radius 1 is 1.15 bits per heavy atom. The van der Waals surface area contributed by atoms with Crippen LogP contribution in [0.5, 0.6) is 5.75 Å². The Morgan fingerprint density at radius 2 is 2.00 bits per heavy atom. The molecule has 0 radical (unpaired) electrons. The maximum Gasteiger partial charge on any atom is 0.323 e. The minimum absolute atomic E-state index is 0.0201. The van der Waals surface area contributed by atoms with Gasteiger partial charge in [-0.2, -0.15) is 5.10 Å². The van der Waals surface area contributed by atoms with E-state index in [1.165, 1.54) is 6.07 Å². The molecule has 0 aliphatic carbocycles. The zero-order valence-corrected chi connectivity index (χ0v) is 10.4. The van der Waals surface area contributed by atoms with Gasteiger partial charge in [0.15, 0.2) is 0 Å². The normalized spacial score (nSPS) is 10.4. The van der Waals surface area contributed by atoms with E-state index in [-0.39, 0.29) is 5.75 Å². The summed E-state index contributed by atoms with van der Waals surface area (Å²) in [5.41, 5.74) is 1.83. The number of H-pyrrole nitrogens is 1. The summed E-state index contributed by atoms with van der Waals surface area (Å²) in [5.74, 6) is 0.0201. The Balaban J connectivity index is 1.74. The fourth-order valence-electron chi connectivity index (χ4n) is 1.88. The van der Waals surface area contributed by atoms with Crippen molar-refractivity contribution in [1.82, 2.24) is 10.2 Å². The SMILES string of the molecule is O=C(Nc1ccc2cn[nH]c2c1)Nc1ccccc1O. The molecule has 3 rings (SSSR count). The molecule has 4 N–H and O–H groups in total. The number of benzene rings is 2. The van der Waals surface area contributed by atoms with E-state index in [9.17, 15) is 9.90 Å². The van der Waals surface area contributed by atoms with Crippen LogP contribution in [0.3, 0.4) is 0 Å². The molecule has 20 heavy (non-hydrogen) atoms. The van der Waals surface area contributed by atoms with Crippen molar-refractivity contribution in [2.45, 2.75) is 0 Å². The number of nitrogens with one attached hydrogen (secondary N) is 3. The van der Waals surface area contributed by atoms with Crippen LogP contribution < -0.4 is 10.6 Å². The van der Waals surface area contributed by atoms with Gasteiger partial charge in [-0.25, -0.2) is 4.79 Å². The maximum absolute atomic E-state index is 11.8. The highest BCUT2D eigenvalue weighted by molar-refractivity contribution is 6.01. The molecular formula is C14H12N4O2. The number of urea groups is 1. The van der Waals surface area contributed by atoms with Crippen molar-refractivity contribution in [3.05, 3.63) is 48.7 Å². The molecule has 1 heterocycles. The van der Waals surface area contributed by atoms with Crippen LogP contribution in [-0.2, 0) is 0 Å². The molecule has 6 heteroatoms. The Kier molecular flexibility index (Phi) is 2.96. The Labute approximate surface area is 114 Å². The third kappa shape index (κ3) is 2.39. The lowest BCUT2D eigenvalue weighted by Crippen LogP contribution is -2.19. The fourth-order valence-corrected chi connectivity index (χ4v) is 1.88. The number of fused-ring (bicyclic) bond motifs is 1. The van der Waals surface area contributed by atoms with E-state index in [1.807, 2.05) is 6.07 Å². The van der Waals surface area contributed by atoms with Crippen LogP contribution >= 0.6 is 0 Å². The maximum atomic E-state index is 11.8. The first-order chi connectivity index (χ1) is 9.72. The Bertz CT molecular complexity index is 766. The zero-order chi connectivity index (χ0) is 13.9. The van der Waals surface area contributed by atoms with E-state index in [2.05, 4.69) is 20.8 Å². The number of para-hydroxylation sites is 2. The third-order valence-corrected chi connectivity index (χ3v) is 2.85. The van der Waals surface area contributed by atoms with Crippen molar-refractivity contribution in [1.29, 1.82) is 0 Å². The van der Waals surface area contributed by atoms with Gasteiger partial charge in [0.2, 0.25) is 0 Å². The summed E-state index contributed by atoms with van der Waals surface area (Å²) < 4.78 is 0. The highest BCUT2D eigenvalue weighted by atomic mass is 16.3. The average molecular weight is 268 g/mol. The molecule has 0 bridgehead atoms. The molecule has 0 aliphatic heterocycles. The summed E-state index contributed by atoms with van der Waals surface area (Å²) in [6.07, 6.45) is 1.71. The molecule has 0 saturated heterocycles. The second-order valence-electron chi connectivity index (χ2n) is 4.27. The molecule has 100 valence electrons. The van der Waals surface area contributed by atoms with E-state index in [0.29, 0.717) is 11.4 Å². The number of phenols is 1. The molecule has 0 atom stereocenters. The molecule has 0 aliphatic rings. The Morgan fingerprint density at radius 3 is 2.85 bits per heavy atom. The molecular weight excluding hydrogens is 256 g/mol. The van der Waals surface area contributed by atoms with E-state index in [4.69, 9.17) is 0 Å². The van der Waals surface area contributed by atoms with Crippen LogP contribution in [0.15, 0.2) is 48.7 Å². The molecule has 0 fully saturated rings. The van der Waals surface area contributed by atoms with Crippen LogP contribution in [0.4, 0.5) is 16.2 Å². The van der Waals surface area contributed by atoms with Gasteiger partial charge < -0.3 is 15.7 Å². The van der Waals surface area contributed by atoms with Crippen LogP contribution in [-0.4, -0.2) is 21.3 Å². The largest absolute Gasteiger partial charge is 0.506 e. The van der Waals surface area contributed by atoms with Crippen molar-refractivity contribution in [3.8, 4) is 5.75 Å². The number of hydrogen-bond acceptors (Lipinski definition) is 3. The number of nitrogens with zero attached hydrogens (tertiary/aromatic N) is 1. The van der Waals surface area contributed by atoms with Crippen molar-refractivity contribution < 1.29 is 9.90 Å². The van der Waals surface area contributed by atoms with Gasteiger partial charge in [-0.3, -0.25) is 5.10 Å². The average Bonchev–Trinajstić information content (AvgIpc) is 2.89. The van der Waals surface area contributed by atoms with Crippen LogP contribution in [0.1, 0.15) is 0 Å². The van der Waals surface area contributed by atoms with Crippen LogP contribution in [0.2, 0.25) is 0 Å². The van der Waals surface area contributed by atoms with Gasteiger partial charge in [0.1, 0.15) is 5.75 Å². The lowest BCUT2D eigenvalue weighted by molar-refractivity contribution is 0.262. The standard InChI is InChI=1S/C14H12N4O2/c19-13-4-2-1-3-11(13)17-14(20)16-10-6-5-9-8-15-18-12(9)7-10/h1-8,19H,(H,15,18)(H2,16,17,20). The van der Waals surface area contributed by atoms with Gasteiger partial charge in [-0.1, -0.05) is 12.1 Å². The zero-order valence-electron chi connectivity index (χ0n) is 10.4. The Hall–Kier alpha value is -3.02. The van der Waals surface area contributed by atoms with Gasteiger partial charge in [0.25, 0.3) is 0 Å². The summed E-state index contributed by atoms with van der Waals surface area (Å²) in [7, 11) is 0.